The molecule has 0 bridgehead atoms. The number of aliphatic hydroxyl groups excluding tert-OH is 1. The van der Waals surface area contributed by atoms with Crippen LogP contribution in [0.15, 0.2) is 0 Å². The minimum absolute atomic E-state index is 0.0110. The Morgan fingerprint density at radius 1 is 1.16 bits per heavy atom. The summed E-state index contributed by atoms with van der Waals surface area (Å²) < 4.78 is 4.81. The van der Waals surface area contributed by atoms with Crippen LogP contribution < -0.4 is 5.73 Å². The highest BCUT2D eigenvalue weighted by Crippen LogP contribution is 1.99. The van der Waals surface area contributed by atoms with E-state index in [1.165, 1.54) is 12.0 Å². The molecule has 19 heavy (non-hydrogen) atoms. The maximum absolute atomic E-state index is 12.0. The molecule has 0 unspecified atom stereocenters. The van der Waals surface area contributed by atoms with Gasteiger partial charge >= 0.3 is 12.0 Å². The third-order valence-corrected chi connectivity index (χ3v) is 2.15. The molecule has 0 saturated carbocycles. The number of hydrogen-bond acceptors (Lipinski definition) is 5. The number of carboxylic acids is 1. The first-order valence-electron chi connectivity index (χ1n) is 5.56. The highest BCUT2D eigenvalue weighted by molar-refractivity contribution is 5.86. The topological polar surface area (TPSA) is 133 Å². The van der Waals surface area contributed by atoms with Crippen LogP contribution in [0.2, 0.25) is 0 Å². The van der Waals surface area contributed by atoms with E-state index in [2.05, 4.69) is 0 Å². The molecule has 0 radical (unpaired) electrons. The molecule has 0 atom stereocenters. The summed E-state index contributed by atoms with van der Waals surface area (Å²) in [6, 6.07) is -0.688. The van der Waals surface area contributed by atoms with E-state index in [0.29, 0.717) is 0 Å². The Balaban J connectivity index is 4.77. The fraction of sp³-hybridized carbons (Fsp3) is 0.700. The number of nitrogens with zero attached hydrogens (tertiary/aromatic N) is 2. The fourth-order valence-corrected chi connectivity index (χ4v) is 1.37. The van der Waals surface area contributed by atoms with Gasteiger partial charge in [-0.2, -0.15) is 0 Å². The molecule has 0 saturated heterocycles. The van der Waals surface area contributed by atoms with Crippen LogP contribution in [0, 0.1) is 0 Å². The smallest absolute Gasteiger partial charge is 0.323 e. The van der Waals surface area contributed by atoms with Crippen molar-refractivity contribution >= 4 is 17.9 Å². The van der Waals surface area contributed by atoms with Gasteiger partial charge in [-0.05, 0) is 0 Å². The van der Waals surface area contributed by atoms with Crippen LogP contribution in [0.5, 0.6) is 0 Å². The zero-order valence-electron chi connectivity index (χ0n) is 10.7. The largest absolute Gasteiger partial charge is 0.480 e. The molecule has 3 amide bonds. The van der Waals surface area contributed by atoms with E-state index < -0.39 is 31.0 Å². The quantitative estimate of drug-likeness (QED) is 0.443. The molecule has 0 aliphatic heterocycles. The summed E-state index contributed by atoms with van der Waals surface area (Å²) in [7, 11) is 1.44. The summed E-state index contributed by atoms with van der Waals surface area (Å²) in [5.41, 5.74) is 4.96. The number of ether oxygens (including phenoxy) is 1. The molecule has 0 heterocycles. The van der Waals surface area contributed by atoms with Gasteiger partial charge < -0.3 is 30.5 Å². The van der Waals surface area contributed by atoms with Gasteiger partial charge in [-0.1, -0.05) is 0 Å². The molecular formula is C10H19N3O6. The van der Waals surface area contributed by atoms with Gasteiger partial charge in [0.25, 0.3) is 0 Å². The van der Waals surface area contributed by atoms with Crippen LogP contribution in [0.25, 0.3) is 0 Å². The maximum Gasteiger partial charge on any atom is 0.323 e. The molecule has 9 nitrogen and oxygen atoms in total. The van der Waals surface area contributed by atoms with E-state index in [9.17, 15) is 14.4 Å². The van der Waals surface area contributed by atoms with E-state index in [4.69, 9.17) is 20.7 Å². The van der Waals surface area contributed by atoms with E-state index in [0.717, 1.165) is 4.90 Å². The van der Waals surface area contributed by atoms with E-state index in [1.807, 2.05) is 0 Å². The average Bonchev–Trinajstić information content (AvgIpc) is 2.31. The van der Waals surface area contributed by atoms with Gasteiger partial charge in [0.2, 0.25) is 5.91 Å². The lowest BCUT2D eigenvalue weighted by Crippen LogP contribution is -2.50. The second kappa shape index (κ2) is 9.11. The SMILES string of the molecule is COCCN(CCO)C(=O)N(CC(N)=O)CC(=O)O. The summed E-state index contributed by atoms with van der Waals surface area (Å²) in [5, 5.41) is 17.6. The van der Waals surface area contributed by atoms with Gasteiger partial charge in [0, 0.05) is 20.2 Å². The van der Waals surface area contributed by atoms with E-state index in [-0.39, 0.29) is 26.3 Å². The zero-order valence-corrected chi connectivity index (χ0v) is 10.7. The predicted molar refractivity (Wildman–Crippen MR) is 64.3 cm³/mol. The third kappa shape index (κ3) is 7.21. The van der Waals surface area contributed by atoms with Crippen molar-refractivity contribution in [2.24, 2.45) is 5.73 Å². The maximum atomic E-state index is 12.0. The molecule has 0 aromatic heterocycles. The predicted octanol–water partition coefficient (Wildman–Crippen LogP) is -2.08. The number of rotatable bonds is 9. The first-order chi connectivity index (χ1) is 8.92. The number of amides is 3. The van der Waals surface area contributed by atoms with Crippen molar-refractivity contribution in [3.05, 3.63) is 0 Å². The Morgan fingerprint density at radius 2 is 1.79 bits per heavy atom. The third-order valence-electron chi connectivity index (χ3n) is 2.15. The number of urea groups is 1. The van der Waals surface area contributed by atoms with Crippen LogP contribution in [0.1, 0.15) is 0 Å². The van der Waals surface area contributed by atoms with E-state index >= 15 is 0 Å². The molecule has 9 heteroatoms. The lowest BCUT2D eigenvalue weighted by atomic mass is 10.4. The number of hydrogen-bond donors (Lipinski definition) is 3. The second-order valence-corrected chi connectivity index (χ2v) is 3.70. The van der Waals surface area contributed by atoms with Crippen molar-refractivity contribution in [2.45, 2.75) is 0 Å². The summed E-state index contributed by atoms with van der Waals surface area (Å²) in [6.45, 7) is -1.02. The van der Waals surface area contributed by atoms with Crippen molar-refractivity contribution in [3.8, 4) is 0 Å². The molecule has 0 rings (SSSR count). The van der Waals surface area contributed by atoms with Gasteiger partial charge in [0.05, 0.1) is 13.2 Å². The minimum atomic E-state index is -1.26. The Hall–Kier alpha value is -1.87. The Bertz CT molecular complexity index is 306. The van der Waals surface area contributed by atoms with Crippen LogP contribution in [-0.4, -0.2) is 84.4 Å². The number of aliphatic hydroxyl groups is 1. The Kier molecular flexibility index (Phi) is 8.22. The van der Waals surface area contributed by atoms with Crippen molar-refractivity contribution in [1.82, 2.24) is 9.80 Å². The lowest BCUT2D eigenvalue weighted by Gasteiger charge is -2.28. The second-order valence-electron chi connectivity index (χ2n) is 3.70. The Morgan fingerprint density at radius 3 is 2.21 bits per heavy atom. The van der Waals surface area contributed by atoms with Crippen molar-refractivity contribution in [1.29, 1.82) is 0 Å². The molecule has 0 aromatic rings. The molecule has 0 aromatic carbocycles. The zero-order chi connectivity index (χ0) is 14.8. The standard InChI is InChI=1S/C10H19N3O6/c1-19-5-3-12(2-4-14)10(18)13(6-8(11)15)7-9(16)17/h14H,2-7H2,1H3,(H2,11,15)(H,16,17). The molecule has 0 aliphatic rings. The van der Waals surface area contributed by atoms with Gasteiger partial charge in [-0.3, -0.25) is 9.59 Å². The van der Waals surface area contributed by atoms with Gasteiger partial charge in [-0.25, -0.2) is 4.79 Å². The Labute approximate surface area is 110 Å². The first-order valence-corrected chi connectivity index (χ1v) is 5.56. The highest BCUT2D eigenvalue weighted by Gasteiger charge is 2.23. The summed E-state index contributed by atoms with van der Waals surface area (Å²) >= 11 is 0. The number of carboxylic acid groups (broad SMARTS) is 1. The van der Waals surface area contributed by atoms with Crippen molar-refractivity contribution in [3.63, 3.8) is 0 Å². The number of carbonyl (C=O) groups is 3. The van der Waals surface area contributed by atoms with Gasteiger partial charge in [-0.15, -0.1) is 0 Å². The first kappa shape index (κ1) is 17.1. The normalized spacial score (nSPS) is 10.0. The summed E-state index contributed by atoms with van der Waals surface area (Å²) in [6.07, 6.45) is 0. The monoisotopic (exact) mass is 277 g/mol. The number of aliphatic carboxylic acids is 1. The van der Waals surface area contributed by atoms with Gasteiger partial charge in [0.15, 0.2) is 0 Å². The van der Waals surface area contributed by atoms with Crippen molar-refractivity contribution in [2.75, 3.05) is 46.5 Å². The highest BCUT2D eigenvalue weighted by atomic mass is 16.5. The lowest BCUT2D eigenvalue weighted by molar-refractivity contribution is -0.138. The van der Waals surface area contributed by atoms with Crippen LogP contribution >= 0.6 is 0 Å². The number of carbonyl (C=O) groups excluding carboxylic acids is 2. The number of nitrogens with two attached hydrogens (primary N) is 1. The van der Waals surface area contributed by atoms with E-state index in [1.54, 1.807) is 0 Å². The molecule has 0 spiro atoms. The van der Waals surface area contributed by atoms with Gasteiger partial charge in [0.1, 0.15) is 13.1 Å². The molecule has 0 fully saturated rings. The van der Waals surface area contributed by atoms with Crippen LogP contribution in [0.4, 0.5) is 4.79 Å². The number of primary amides is 1. The summed E-state index contributed by atoms with van der Waals surface area (Å²) in [5.74, 6) is -2.07. The molecular weight excluding hydrogens is 258 g/mol. The van der Waals surface area contributed by atoms with Crippen LogP contribution in [0.3, 0.4) is 0 Å². The molecule has 110 valence electrons. The summed E-state index contributed by atoms with van der Waals surface area (Å²) in [4.78, 5) is 35.5. The van der Waals surface area contributed by atoms with Crippen molar-refractivity contribution < 1.29 is 29.3 Å². The average molecular weight is 277 g/mol. The minimum Gasteiger partial charge on any atom is -0.480 e. The molecule has 4 N–H and O–H groups in total. The fourth-order valence-electron chi connectivity index (χ4n) is 1.37. The number of methoxy groups -OCH3 is 1. The molecule has 0 aliphatic carbocycles. The van der Waals surface area contributed by atoms with Crippen LogP contribution in [-0.2, 0) is 14.3 Å².